The Bertz CT molecular complexity index is 107. The van der Waals surface area contributed by atoms with Crippen LogP contribution in [0.5, 0.6) is 0 Å². The molecule has 0 aromatic carbocycles. The van der Waals surface area contributed by atoms with Crippen molar-refractivity contribution in [1.29, 1.82) is 0 Å². The fourth-order valence-electron chi connectivity index (χ4n) is 2.42. The zero-order valence-electron chi connectivity index (χ0n) is 5.23. The van der Waals surface area contributed by atoms with Crippen molar-refractivity contribution in [2.45, 2.75) is 30.0 Å². The maximum atomic E-state index is 2.55. The molecule has 0 aromatic rings. The molecule has 0 aromatic heterocycles. The fourth-order valence-corrected chi connectivity index (χ4v) is 21.8. The third kappa shape index (κ3) is 0.303. The second-order valence-corrected chi connectivity index (χ2v) is 13.2. The Morgan fingerprint density at radius 3 is 1.71 bits per heavy atom. The first-order valence-electron chi connectivity index (χ1n) is 3.15. The summed E-state index contributed by atoms with van der Waals surface area (Å²) >= 11 is 0. The third-order valence-corrected chi connectivity index (χ3v) is 18.4. The summed E-state index contributed by atoms with van der Waals surface area (Å²) in [6.07, 6.45) is 0. The molecule has 2 unspecified atom stereocenters. The molecule has 0 nitrogen and oxygen atoms in total. The Balaban J connectivity index is 2.10. The van der Waals surface area contributed by atoms with Crippen molar-refractivity contribution in [2.75, 3.05) is 0 Å². The SMILES string of the molecule is C[SiH]1C2C1[Si]2(C)C. The van der Waals surface area contributed by atoms with E-state index in [9.17, 15) is 0 Å². The summed E-state index contributed by atoms with van der Waals surface area (Å²) in [7, 11) is -0.318. The topological polar surface area (TPSA) is 0 Å². The van der Waals surface area contributed by atoms with Crippen LogP contribution in [0.3, 0.4) is 0 Å². The Hall–Kier alpha value is 0.434. The van der Waals surface area contributed by atoms with Crippen LogP contribution >= 0.6 is 0 Å². The van der Waals surface area contributed by atoms with E-state index in [1.165, 1.54) is 10.3 Å². The highest BCUT2D eigenvalue weighted by Crippen LogP contribution is 2.78. The molecule has 2 fully saturated rings. The van der Waals surface area contributed by atoms with E-state index in [2.05, 4.69) is 19.6 Å². The van der Waals surface area contributed by atoms with Crippen molar-refractivity contribution in [3.63, 3.8) is 0 Å². The van der Waals surface area contributed by atoms with E-state index in [0.29, 0.717) is 0 Å². The van der Waals surface area contributed by atoms with Crippen LogP contribution in [0.4, 0.5) is 0 Å². The average Bonchev–Trinajstić information content (AvgIpc) is 2.26. The average molecular weight is 128 g/mol. The van der Waals surface area contributed by atoms with E-state index in [1.54, 1.807) is 0 Å². The molecule has 0 N–H and O–H groups in total. The van der Waals surface area contributed by atoms with Gasteiger partial charge in [0.1, 0.15) is 0 Å². The zero-order chi connectivity index (χ0) is 5.23. The number of rotatable bonds is 0. The second kappa shape index (κ2) is 0.797. The number of hydrogen-bond donors (Lipinski definition) is 0. The fraction of sp³-hybridized carbons (Fsp3) is 1.00. The highest BCUT2D eigenvalue weighted by atomic mass is 28.4. The van der Waals surface area contributed by atoms with Gasteiger partial charge in [0.05, 0.1) is 0 Å². The monoisotopic (exact) mass is 128 g/mol. The van der Waals surface area contributed by atoms with Gasteiger partial charge in [-0.2, -0.15) is 0 Å². The largest absolute Gasteiger partial charge is 0.0720 e. The van der Waals surface area contributed by atoms with Crippen LogP contribution in [0.1, 0.15) is 0 Å². The van der Waals surface area contributed by atoms with Crippen molar-refractivity contribution in [3.8, 4) is 0 Å². The van der Waals surface area contributed by atoms with Crippen molar-refractivity contribution in [1.82, 2.24) is 0 Å². The first kappa shape index (κ1) is 4.33. The lowest BCUT2D eigenvalue weighted by atomic mass is 11.0. The quantitative estimate of drug-likeness (QED) is 0.433. The van der Waals surface area contributed by atoms with Gasteiger partial charge in [0.25, 0.3) is 0 Å². The smallest absolute Gasteiger partial charge is 0.0472 e. The van der Waals surface area contributed by atoms with Gasteiger partial charge in [-0.25, -0.2) is 0 Å². The van der Waals surface area contributed by atoms with Crippen molar-refractivity contribution in [3.05, 3.63) is 0 Å². The predicted octanol–water partition coefficient (Wildman–Crippen LogP) is 1.40. The molecule has 0 spiro atoms. The molecule has 2 rings (SSSR count). The Morgan fingerprint density at radius 2 is 1.71 bits per heavy atom. The second-order valence-electron chi connectivity index (χ2n) is 3.73. The van der Waals surface area contributed by atoms with Gasteiger partial charge in [-0.3, -0.25) is 0 Å². The van der Waals surface area contributed by atoms with Gasteiger partial charge in [0, 0.05) is 16.9 Å². The molecule has 2 aliphatic rings. The molecule has 2 heteroatoms. The minimum absolute atomic E-state index is 0.0509. The van der Waals surface area contributed by atoms with Gasteiger partial charge in [0.2, 0.25) is 0 Å². The summed E-state index contributed by atoms with van der Waals surface area (Å²) in [5.74, 6) is 0. The molecular formula is C5H12Si2. The maximum Gasteiger partial charge on any atom is 0.0472 e. The van der Waals surface area contributed by atoms with Gasteiger partial charge in [0.15, 0.2) is 0 Å². The Morgan fingerprint density at radius 1 is 1.29 bits per heavy atom. The molecule has 2 atom stereocenters. The van der Waals surface area contributed by atoms with Gasteiger partial charge in [-0.05, 0) is 0 Å². The summed E-state index contributed by atoms with van der Waals surface area (Å²) in [6, 6.07) is 0. The van der Waals surface area contributed by atoms with E-state index < -0.39 is 0 Å². The van der Waals surface area contributed by atoms with Crippen molar-refractivity contribution in [2.24, 2.45) is 0 Å². The molecule has 0 radical (unpaired) electrons. The van der Waals surface area contributed by atoms with Crippen LogP contribution in [0.2, 0.25) is 30.0 Å². The van der Waals surface area contributed by atoms with E-state index >= 15 is 0 Å². The normalized spacial score (nSPS) is 61.3. The van der Waals surface area contributed by atoms with Gasteiger partial charge < -0.3 is 0 Å². The van der Waals surface area contributed by atoms with Gasteiger partial charge in [-0.15, -0.1) is 0 Å². The van der Waals surface area contributed by atoms with E-state index in [-0.39, 0.29) is 16.9 Å². The number of hydrogen-bond acceptors (Lipinski definition) is 0. The van der Waals surface area contributed by atoms with Crippen LogP contribution in [-0.4, -0.2) is 16.9 Å². The molecule has 7 heavy (non-hydrogen) atoms. The van der Waals surface area contributed by atoms with Crippen LogP contribution < -0.4 is 0 Å². The highest BCUT2D eigenvalue weighted by Gasteiger charge is 2.77. The van der Waals surface area contributed by atoms with Crippen LogP contribution in [0.15, 0.2) is 0 Å². The Labute approximate surface area is 47.5 Å². The highest BCUT2D eigenvalue weighted by molar-refractivity contribution is 7.23. The molecule has 40 valence electrons. The first-order valence-corrected chi connectivity index (χ1v) is 8.80. The molecule has 0 amide bonds. The molecule has 0 aliphatic carbocycles. The third-order valence-electron chi connectivity index (χ3n) is 2.99. The van der Waals surface area contributed by atoms with E-state index in [0.717, 1.165) is 0 Å². The summed E-state index contributed by atoms with van der Waals surface area (Å²) in [5.41, 5.74) is 0. The Kier molecular flexibility index (Phi) is 0.493. The maximum absolute atomic E-state index is 2.55. The van der Waals surface area contributed by atoms with Crippen molar-refractivity contribution < 1.29 is 0 Å². The summed E-state index contributed by atoms with van der Waals surface area (Å²) in [5, 5.41) is 2.82. The molecular weight excluding hydrogens is 116 g/mol. The van der Waals surface area contributed by atoms with Crippen molar-refractivity contribution >= 4 is 16.9 Å². The van der Waals surface area contributed by atoms with Crippen LogP contribution in [0.25, 0.3) is 0 Å². The molecule has 0 saturated carbocycles. The number of fused-ring (bicyclic) bond motifs is 1. The minimum Gasteiger partial charge on any atom is -0.0720 e. The first-order chi connectivity index (χ1) is 3.15. The lowest BCUT2D eigenvalue weighted by Gasteiger charge is -2.07. The summed E-state index contributed by atoms with van der Waals surface area (Å²) < 4.78 is 0. The van der Waals surface area contributed by atoms with E-state index in [4.69, 9.17) is 0 Å². The van der Waals surface area contributed by atoms with Crippen LogP contribution in [0, 0.1) is 0 Å². The lowest BCUT2D eigenvalue weighted by Crippen LogP contribution is -2.20. The molecule has 2 aliphatic heterocycles. The van der Waals surface area contributed by atoms with Crippen LogP contribution in [-0.2, 0) is 0 Å². The van der Waals surface area contributed by atoms with E-state index in [1.807, 2.05) is 0 Å². The standard InChI is InChI=1S/C5H12Si2/c1-6-4-5(6)7(4,2)3/h4-6H,1-3H3. The lowest BCUT2D eigenvalue weighted by molar-refractivity contribution is 1.69. The summed E-state index contributed by atoms with van der Waals surface area (Å²) in [6.45, 7) is 7.64. The predicted molar refractivity (Wildman–Crippen MR) is 38.0 cm³/mol. The summed E-state index contributed by atoms with van der Waals surface area (Å²) in [4.78, 5) is 0. The van der Waals surface area contributed by atoms with Gasteiger partial charge in [-0.1, -0.05) is 30.0 Å². The molecule has 2 saturated heterocycles. The zero-order valence-corrected chi connectivity index (χ0v) is 7.39. The molecule has 2 heterocycles. The minimum atomic E-state index is -0.369. The molecule has 0 bridgehead atoms. The van der Waals surface area contributed by atoms with Gasteiger partial charge >= 0.3 is 0 Å².